The summed E-state index contributed by atoms with van der Waals surface area (Å²) in [5, 5.41) is 0.797. The van der Waals surface area contributed by atoms with E-state index in [0.717, 1.165) is 17.0 Å². The summed E-state index contributed by atoms with van der Waals surface area (Å²) in [5.41, 5.74) is 10.0. The van der Waals surface area contributed by atoms with Crippen LogP contribution in [0.15, 0.2) is 48.5 Å². The van der Waals surface area contributed by atoms with Crippen molar-refractivity contribution in [2.24, 2.45) is 11.7 Å². The second-order valence-electron chi connectivity index (χ2n) is 5.47. The fourth-order valence-electron chi connectivity index (χ4n) is 2.83. The van der Waals surface area contributed by atoms with Crippen LogP contribution < -0.4 is 5.73 Å². The van der Waals surface area contributed by atoms with Crippen molar-refractivity contribution in [1.82, 2.24) is 0 Å². The van der Waals surface area contributed by atoms with Crippen molar-refractivity contribution in [3.63, 3.8) is 0 Å². The Morgan fingerprint density at radius 2 is 1.89 bits per heavy atom. The fourth-order valence-corrected chi connectivity index (χ4v) is 3.19. The summed E-state index contributed by atoms with van der Waals surface area (Å²) < 4.78 is 0. The lowest BCUT2D eigenvalue weighted by molar-refractivity contribution is 0.616. The molecule has 3 unspecified atom stereocenters. The van der Waals surface area contributed by atoms with E-state index in [-0.39, 0.29) is 6.04 Å². The van der Waals surface area contributed by atoms with E-state index in [0.29, 0.717) is 11.8 Å². The Morgan fingerprint density at radius 3 is 2.58 bits per heavy atom. The lowest BCUT2D eigenvalue weighted by Gasteiger charge is -2.14. The Hall–Kier alpha value is -1.31. The largest absolute Gasteiger partial charge is 0.324 e. The zero-order valence-electron chi connectivity index (χ0n) is 11.0. The predicted molar refractivity (Wildman–Crippen MR) is 80.4 cm³/mol. The van der Waals surface area contributed by atoms with Crippen LogP contribution in [0.4, 0.5) is 0 Å². The van der Waals surface area contributed by atoms with Crippen LogP contribution in [0.1, 0.15) is 35.1 Å². The molecule has 1 saturated carbocycles. The molecule has 2 aromatic rings. The van der Waals surface area contributed by atoms with Gasteiger partial charge >= 0.3 is 0 Å². The van der Waals surface area contributed by atoms with Gasteiger partial charge in [-0.1, -0.05) is 54.1 Å². The lowest BCUT2D eigenvalue weighted by atomic mass is 9.98. The quantitative estimate of drug-likeness (QED) is 0.877. The molecular weight excluding hydrogens is 254 g/mol. The standard InChI is InChI=1S/C17H18ClN/c1-11-7-8-13(16(18)9-11)17(19)15-10-14(15)12-5-3-2-4-6-12/h2-9,14-15,17H,10,19H2,1H3. The molecule has 98 valence electrons. The molecule has 0 heterocycles. The number of benzene rings is 2. The van der Waals surface area contributed by atoms with E-state index in [1.165, 1.54) is 11.1 Å². The SMILES string of the molecule is Cc1ccc(C(N)C2CC2c2ccccc2)c(Cl)c1. The minimum Gasteiger partial charge on any atom is -0.324 e. The van der Waals surface area contributed by atoms with Gasteiger partial charge < -0.3 is 5.73 Å². The number of aryl methyl sites for hydroxylation is 1. The van der Waals surface area contributed by atoms with Crippen molar-refractivity contribution in [1.29, 1.82) is 0 Å². The monoisotopic (exact) mass is 271 g/mol. The van der Waals surface area contributed by atoms with Gasteiger partial charge in [-0.2, -0.15) is 0 Å². The molecule has 0 spiro atoms. The van der Waals surface area contributed by atoms with Crippen LogP contribution in [0.2, 0.25) is 5.02 Å². The maximum atomic E-state index is 6.39. The minimum absolute atomic E-state index is 0.0401. The van der Waals surface area contributed by atoms with Crippen molar-refractivity contribution in [2.45, 2.75) is 25.3 Å². The second-order valence-corrected chi connectivity index (χ2v) is 5.87. The average molecular weight is 272 g/mol. The van der Waals surface area contributed by atoms with Gasteiger partial charge in [0.05, 0.1) is 0 Å². The summed E-state index contributed by atoms with van der Waals surface area (Å²) in [5.74, 6) is 1.11. The molecule has 3 atom stereocenters. The molecule has 1 nitrogen and oxygen atoms in total. The van der Waals surface area contributed by atoms with E-state index in [1.807, 2.05) is 13.0 Å². The third-order valence-corrected chi connectivity index (χ3v) is 4.37. The Morgan fingerprint density at radius 1 is 1.16 bits per heavy atom. The van der Waals surface area contributed by atoms with Crippen LogP contribution in [0.5, 0.6) is 0 Å². The van der Waals surface area contributed by atoms with Crippen molar-refractivity contribution >= 4 is 11.6 Å². The van der Waals surface area contributed by atoms with E-state index in [9.17, 15) is 0 Å². The lowest BCUT2D eigenvalue weighted by Crippen LogP contribution is -2.14. The zero-order valence-corrected chi connectivity index (χ0v) is 11.8. The third kappa shape index (κ3) is 2.54. The molecule has 1 aliphatic carbocycles. The molecular formula is C17H18ClN. The maximum absolute atomic E-state index is 6.39. The fraction of sp³-hybridized carbons (Fsp3) is 0.294. The minimum atomic E-state index is 0.0401. The molecule has 2 heteroatoms. The van der Waals surface area contributed by atoms with Gasteiger partial charge in [0.1, 0.15) is 0 Å². The van der Waals surface area contributed by atoms with Gasteiger partial charge in [0.25, 0.3) is 0 Å². The third-order valence-electron chi connectivity index (χ3n) is 4.04. The molecule has 1 aliphatic rings. The van der Waals surface area contributed by atoms with E-state index < -0.39 is 0 Å². The number of nitrogens with two attached hydrogens (primary N) is 1. The van der Waals surface area contributed by atoms with Crippen molar-refractivity contribution in [2.75, 3.05) is 0 Å². The van der Waals surface area contributed by atoms with Gasteiger partial charge in [-0.05, 0) is 47.9 Å². The Kier molecular flexibility index (Phi) is 3.34. The first kappa shape index (κ1) is 12.7. The highest BCUT2D eigenvalue weighted by Crippen LogP contribution is 2.53. The highest BCUT2D eigenvalue weighted by Gasteiger charge is 2.43. The Balaban J connectivity index is 1.78. The molecule has 2 aromatic carbocycles. The summed E-state index contributed by atoms with van der Waals surface area (Å²) in [6.45, 7) is 2.05. The van der Waals surface area contributed by atoms with E-state index in [2.05, 4.69) is 42.5 Å². The summed E-state index contributed by atoms with van der Waals surface area (Å²) in [7, 11) is 0. The maximum Gasteiger partial charge on any atom is 0.0456 e. The molecule has 0 aromatic heterocycles. The summed E-state index contributed by atoms with van der Waals surface area (Å²) in [6, 6.07) is 16.8. The van der Waals surface area contributed by atoms with Gasteiger partial charge in [-0.3, -0.25) is 0 Å². The van der Waals surface area contributed by atoms with Crippen molar-refractivity contribution < 1.29 is 0 Å². The topological polar surface area (TPSA) is 26.0 Å². The number of rotatable bonds is 3. The Bertz CT molecular complexity index is 579. The number of hydrogen-bond acceptors (Lipinski definition) is 1. The first-order valence-electron chi connectivity index (χ1n) is 6.73. The number of halogens is 1. The highest BCUT2D eigenvalue weighted by molar-refractivity contribution is 6.31. The Labute approximate surface area is 119 Å². The van der Waals surface area contributed by atoms with E-state index in [1.54, 1.807) is 0 Å². The predicted octanol–water partition coefficient (Wildman–Crippen LogP) is 4.45. The summed E-state index contributed by atoms with van der Waals surface area (Å²) >= 11 is 6.31. The first-order valence-corrected chi connectivity index (χ1v) is 7.11. The van der Waals surface area contributed by atoms with Gasteiger partial charge in [0.15, 0.2) is 0 Å². The van der Waals surface area contributed by atoms with Crippen LogP contribution in [0.3, 0.4) is 0 Å². The molecule has 3 rings (SSSR count). The van der Waals surface area contributed by atoms with Gasteiger partial charge in [-0.15, -0.1) is 0 Å². The summed E-state index contributed by atoms with van der Waals surface area (Å²) in [4.78, 5) is 0. The molecule has 19 heavy (non-hydrogen) atoms. The van der Waals surface area contributed by atoms with Crippen molar-refractivity contribution in [3.8, 4) is 0 Å². The van der Waals surface area contributed by atoms with E-state index in [4.69, 9.17) is 17.3 Å². The van der Waals surface area contributed by atoms with Crippen LogP contribution in [0, 0.1) is 12.8 Å². The highest BCUT2D eigenvalue weighted by atomic mass is 35.5. The second kappa shape index (κ2) is 4.99. The van der Waals surface area contributed by atoms with Gasteiger partial charge in [0.2, 0.25) is 0 Å². The molecule has 1 fully saturated rings. The van der Waals surface area contributed by atoms with Crippen molar-refractivity contribution in [3.05, 3.63) is 70.2 Å². The van der Waals surface area contributed by atoms with Gasteiger partial charge in [0, 0.05) is 11.1 Å². The molecule has 0 radical (unpaired) electrons. The zero-order chi connectivity index (χ0) is 13.4. The number of hydrogen-bond donors (Lipinski definition) is 1. The smallest absolute Gasteiger partial charge is 0.0456 e. The van der Waals surface area contributed by atoms with Crippen LogP contribution in [-0.4, -0.2) is 0 Å². The molecule has 0 amide bonds. The first-order chi connectivity index (χ1) is 9.16. The molecule has 0 aliphatic heterocycles. The molecule has 2 N–H and O–H groups in total. The molecule has 0 saturated heterocycles. The summed E-state index contributed by atoms with van der Waals surface area (Å²) in [6.07, 6.45) is 1.16. The van der Waals surface area contributed by atoms with Crippen LogP contribution in [0.25, 0.3) is 0 Å². The van der Waals surface area contributed by atoms with E-state index >= 15 is 0 Å². The van der Waals surface area contributed by atoms with Crippen LogP contribution >= 0.6 is 11.6 Å². The normalized spacial score (nSPS) is 23.1. The van der Waals surface area contributed by atoms with Gasteiger partial charge in [-0.25, -0.2) is 0 Å². The molecule has 0 bridgehead atoms. The van der Waals surface area contributed by atoms with Crippen LogP contribution in [-0.2, 0) is 0 Å². The average Bonchev–Trinajstić information content (AvgIpc) is 3.19.